The zero-order chi connectivity index (χ0) is 17.2. The maximum Gasteiger partial charge on any atom is 0.475 e. The highest BCUT2D eigenvalue weighted by molar-refractivity contribution is 5.73. The van der Waals surface area contributed by atoms with Crippen LogP contribution in [0.4, 0.5) is 30.7 Å². The van der Waals surface area contributed by atoms with E-state index in [4.69, 9.17) is 0 Å². The molecule has 1 rings (SSSR count). The average Bonchev–Trinajstić information content (AvgIpc) is 2.33. The highest BCUT2D eigenvalue weighted by atomic mass is 19.4. The van der Waals surface area contributed by atoms with Gasteiger partial charge in [0.25, 0.3) is 0 Å². The predicted octanol–water partition coefficient (Wildman–Crippen LogP) is 1.85. The van der Waals surface area contributed by atoms with Gasteiger partial charge in [0.2, 0.25) is 5.91 Å². The highest BCUT2D eigenvalue weighted by Crippen LogP contribution is 2.38. The van der Waals surface area contributed by atoms with Crippen LogP contribution in [0.15, 0.2) is 24.3 Å². The molecule has 0 saturated heterocycles. The van der Waals surface area contributed by atoms with Gasteiger partial charge in [-0.25, -0.2) is 4.39 Å². The molecule has 3 N–H and O–H groups in total. The monoisotopic (exact) mass is 333 g/mol. The molecule has 0 aliphatic rings. The molecule has 0 spiro atoms. The van der Waals surface area contributed by atoms with Gasteiger partial charge in [-0.15, -0.1) is 0 Å². The van der Waals surface area contributed by atoms with Crippen LogP contribution >= 0.6 is 0 Å². The molecule has 0 aliphatic carbocycles. The Morgan fingerprint density at radius 2 is 1.50 bits per heavy atom. The summed E-state index contributed by atoms with van der Waals surface area (Å²) in [6, 6.07) is 3.92. The van der Waals surface area contributed by atoms with Crippen molar-refractivity contribution in [2.45, 2.75) is 31.5 Å². The molecule has 0 saturated carbocycles. The second kappa shape index (κ2) is 6.11. The molecule has 0 aliphatic heterocycles. The van der Waals surface area contributed by atoms with Gasteiger partial charge in [0, 0.05) is 12.5 Å². The molecule has 0 radical (unpaired) electrons. The molecule has 0 aromatic heterocycles. The van der Waals surface area contributed by atoms with Gasteiger partial charge in [-0.1, -0.05) is 12.1 Å². The van der Waals surface area contributed by atoms with Crippen molar-refractivity contribution in [3.63, 3.8) is 0 Å². The maximum absolute atomic E-state index is 13.0. The summed E-state index contributed by atoms with van der Waals surface area (Å²) >= 11 is 0. The molecule has 3 nitrogen and oxygen atoms in total. The van der Waals surface area contributed by atoms with Crippen molar-refractivity contribution in [2.75, 3.05) is 0 Å². The van der Waals surface area contributed by atoms with E-state index in [1.807, 2.05) is 0 Å². The number of alkyl halides is 6. The van der Waals surface area contributed by atoms with E-state index in [2.05, 4.69) is 0 Å². The molecule has 0 heterocycles. The number of nitrogens with two attached hydrogens (primary N) is 1. The molecule has 0 bridgehead atoms. The van der Waals surface area contributed by atoms with Gasteiger partial charge in [0.1, 0.15) is 12.4 Å². The quantitative estimate of drug-likeness (QED) is 0.641. The SMILES string of the molecule is CC(=O)NC([NH2+]Cc1ccc(F)cc1)(C(F)(F)F)C(F)(F)F. The number of hydrogen-bond acceptors (Lipinski definition) is 1. The number of halogens is 7. The zero-order valence-corrected chi connectivity index (χ0v) is 11.1. The lowest BCUT2D eigenvalue weighted by molar-refractivity contribution is -0.796. The number of amides is 1. The Hall–Kier alpha value is -1.84. The number of carbonyl (C=O) groups is 1. The van der Waals surface area contributed by atoms with E-state index in [0.717, 1.165) is 29.6 Å². The molecule has 1 aromatic carbocycles. The molecule has 22 heavy (non-hydrogen) atoms. The van der Waals surface area contributed by atoms with Crippen molar-refractivity contribution >= 4 is 5.91 Å². The summed E-state index contributed by atoms with van der Waals surface area (Å²) in [5.41, 5.74) is -4.44. The topological polar surface area (TPSA) is 45.7 Å². The van der Waals surface area contributed by atoms with Crippen LogP contribution in [0.1, 0.15) is 12.5 Å². The second-order valence-electron chi connectivity index (χ2n) is 4.52. The van der Waals surface area contributed by atoms with E-state index < -0.39 is 36.3 Å². The van der Waals surface area contributed by atoms with E-state index >= 15 is 0 Å². The Labute approximate surface area is 120 Å². The summed E-state index contributed by atoms with van der Waals surface area (Å²) < 4.78 is 90.5. The minimum Gasteiger partial charge on any atom is -0.305 e. The Kier molecular flexibility index (Phi) is 5.06. The second-order valence-corrected chi connectivity index (χ2v) is 4.52. The molecule has 0 atom stereocenters. The Morgan fingerprint density at radius 3 is 1.86 bits per heavy atom. The van der Waals surface area contributed by atoms with Gasteiger partial charge >= 0.3 is 18.0 Å². The van der Waals surface area contributed by atoms with Crippen molar-refractivity contribution in [3.05, 3.63) is 35.6 Å². The van der Waals surface area contributed by atoms with E-state index in [0.29, 0.717) is 6.92 Å². The van der Waals surface area contributed by atoms with Crippen LogP contribution in [-0.2, 0) is 11.3 Å². The van der Waals surface area contributed by atoms with Crippen LogP contribution in [0.3, 0.4) is 0 Å². The molecular formula is C12H12F7N2O+. The first-order valence-corrected chi connectivity index (χ1v) is 5.90. The first kappa shape index (κ1) is 18.2. The largest absolute Gasteiger partial charge is 0.475 e. The summed E-state index contributed by atoms with van der Waals surface area (Å²) in [4.78, 5) is 10.8. The molecule has 124 valence electrons. The van der Waals surface area contributed by atoms with Crippen LogP contribution in [0.2, 0.25) is 0 Å². The van der Waals surface area contributed by atoms with E-state index in [1.54, 1.807) is 0 Å². The minimum absolute atomic E-state index is 0.0321. The van der Waals surface area contributed by atoms with Gasteiger partial charge in [0.15, 0.2) is 0 Å². The zero-order valence-electron chi connectivity index (χ0n) is 11.1. The molecule has 1 aromatic rings. The van der Waals surface area contributed by atoms with Crippen LogP contribution in [0.25, 0.3) is 0 Å². The average molecular weight is 333 g/mol. The van der Waals surface area contributed by atoms with E-state index in [1.165, 1.54) is 0 Å². The van der Waals surface area contributed by atoms with Gasteiger partial charge in [0.05, 0.1) is 0 Å². The van der Waals surface area contributed by atoms with E-state index in [-0.39, 0.29) is 10.9 Å². The molecule has 0 unspecified atom stereocenters. The fourth-order valence-electron chi connectivity index (χ4n) is 1.75. The van der Waals surface area contributed by atoms with Crippen molar-refractivity contribution < 1.29 is 40.8 Å². The number of rotatable bonds is 4. The number of hydrogen-bond donors (Lipinski definition) is 2. The molecule has 10 heteroatoms. The number of quaternary nitrogens is 1. The van der Waals surface area contributed by atoms with Gasteiger partial charge < -0.3 is 5.32 Å². The van der Waals surface area contributed by atoms with Gasteiger partial charge in [-0.05, 0) is 12.1 Å². The number of nitrogens with one attached hydrogen (secondary N) is 1. The molecular weight excluding hydrogens is 321 g/mol. The fourth-order valence-corrected chi connectivity index (χ4v) is 1.75. The van der Waals surface area contributed by atoms with E-state index in [9.17, 15) is 35.5 Å². The maximum atomic E-state index is 13.0. The fraction of sp³-hybridized carbons (Fsp3) is 0.417. The Balaban J connectivity index is 3.13. The summed E-state index contributed by atoms with van der Waals surface area (Å²) in [6.07, 6.45) is -11.6. The van der Waals surface area contributed by atoms with Crippen molar-refractivity contribution in [1.82, 2.24) is 5.32 Å². The lowest BCUT2D eigenvalue weighted by Crippen LogP contribution is -3.07. The lowest BCUT2D eigenvalue weighted by Gasteiger charge is -2.34. The van der Waals surface area contributed by atoms with Gasteiger partial charge in [-0.3, -0.25) is 10.1 Å². The van der Waals surface area contributed by atoms with Crippen LogP contribution in [-0.4, -0.2) is 23.9 Å². The highest BCUT2D eigenvalue weighted by Gasteiger charge is 2.76. The van der Waals surface area contributed by atoms with Crippen molar-refractivity contribution in [3.8, 4) is 0 Å². The molecule has 1 amide bonds. The Morgan fingerprint density at radius 1 is 1.05 bits per heavy atom. The summed E-state index contributed by atoms with van der Waals surface area (Å²) in [7, 11) is 0. The van der Waals surface area contributed by atoms with Crippen molar-refractivity contribution in [2.24, 2.45) is 0 Å². The number of carbonyl (C=O) groups excluding carboxylic acids is 1. The van der Waals surface area contributed by atoms with Gasteiger partial charge in [-0.2, -0.15) is 26.3 Å². The smallest absolute Gasteiger partial charge is 0.305 e. The summed E-state index contributed by atoms with van der Waals surface area (Å²) in [6.45, 7) is -0.211. The number of benzene rings is 1. The minimum atomic E-state index is -5.78. The summed E-state index contributed by atoms with van der Waals surface area (Å²) in [5.74, 6) is -2.16. The first-order chi connectivity index (χ1) is 9.89. The predicted molar refractivity (Wildman–Crippen MR) is 60.7 cm³/mol. The first-order valence-electron chi connectivity index (χ1n) is 5.90. The summed E-state index contributed by atoms with van der Waals surface area (Å²) in [5, 5.41) is 0.855. The third-order valence-electron chi connectivity index (χ3n) is 2.82. The molecule has 0 fully saturated rings. The lowest BCUT2D eigenvalue weighted by atomic mass is 10.1. The van der Waals surface area contributed by atoms with Crippen molar-refractivity contribution in [1.29, 1.82) is 0 Å². The van der Waals surface area contributed by atoms with Crippen LogP contribution < -0.4 is 10.6 Å². The Bertz CT molecular complexity index is 508. The van der Waals surface area contributed by atoms with Crippen LogP contribution in [0.5, 0.6) is 0 Å². The standard InChI is InChI=1S/C12H11F7N2O/c1-7(22)21-10(11(14,15)16,12(17,18)19)20-6-8-2-4-9(13)5-3-8/h2-5,20H,6H2,1H3,(H,21,22)/p+1. The normalized spacial score (nSPS) is 13.1. The third kappa shape index (κ3) is 3.87. The van der Waals surface area contributed by atoms with Crippen LogP contribution in [0, 0.1) is 5.82 Å². The third-order valence-corrected chi connectivity index (χ3v) is 2.82.